The van der Waals surface area contributed by atoms with Gasteiger partial charge in [-0.2, -0.15) is 0 Å². The maximum Gasteiger partial charge on any atom is 0.344 e. The minimum absolute atomic E-state index is 0.0634. The van der Waals surface area contributed by atoms with Crippen LogP contribution in [0.15, 0.2) is 17.0 Å². The van der Waals surface area contributed by atoms with Crippen molar-refractivity contribution < 1.29 is 26.7 Å². The Balaban J connectivity index is 3.28. The molecule has 0 aliphatic rings. The number of ether oxygens (including phenoxy) is 1. The van der Waals surface area contributed by atoms with Crippen LogP contribution in [0, 0.1) is 17.6 Å². The standard InChI is InChI=1S/C12H15F2NO4S/c1-6(2)7(3)19-12(16)10-8(13)4-5-9(11(10)14)20(15,17)18/h4-7H,1-3H3,(H2,15,17,18). The van der Waals surface area contributed by atoms with E-state index in [-0.39, 0.29) is 5.92 Å². The van der Waals surface area contributed by atoms with Crippen LogP contribution in [0.2, 0.25) is 0 Å². The Labute approximate surface area is 115 Å². The molecule has 20 heavy (non-hydrogen) atoms. The average Bonchev–Trinajstić information content (AvgIpc) is 2.26. The van der Waals surface area contributed by atoms with Crippen molar-refractivity contribution in [3.63, 3.8) is 0 Å². The number of sulfonamides is 1. The molecule has 1 aromatic carbocycles. The van der Waals surface area contributed by atoms with Gasteiger partial charge >= 0.3 is 5.97 Å². The van der Waals surface area contributed by atoms with E-state index in [0.717, 1.165) is 0 Å². The molecule has 0 fully saturated rings. The summed E-state index contributed by atoms with van der Waals surface area (Å²) in [6.45, 7) is 5.07. The van der Waals surface area contributed by atoms with Crippen molar-refractivity contribution in [3.8, 4) is 0 Å². The summed E-state index contributed by atoms with van der Waals surface area (Å²) in [5.41, 5.74) is -1.07. The van der Waals surface area contributed by atoms with Crippen LogP contribution in [0.25, 0.3) is 0 Å². The Hall–Kier alpha value is -1.54. The second-order valence-electron chi connectivity index (χ2n) is 4.63. The van der Waals surface area contributed by atoms with Crippen LogP contribution in [0.3, 0.4) is 0 Å². The first-order valence-electron chi connectivity index (χ1n) is 5.77. The lowest BCUT2D eigenvalue weighted by molar-refractivity contribution is 0.0226. The van der Waals surface area contributed by atoms with Crippen molar-refractivity contribution in [3.05, 3.63) is 29.3 Å². The summed E-state index contributed by atoms with van der Waals surface area (Å²) in [6.07, 6.45) is -0.584. The number of hydrogen-bond acceptors (Lipinski definition) is 4. The molecular weight excluding hydrogens is 292 g/mol. The van der Waals surface area contributed by atoms with E-state index in [2.05, 4.69) is 0 Å². The van der Waals surface area contributed by atoms with Gasteiger partial charge in [-0.05, 0) is 25.0 Å². The summed E-state index contributed by atoms with van der Waals surface area (Å²) >= 11 is 0. The zero-order valence-electron chi connectivity index (χ0n) is 11.2. The van der Waals surface area contributed by atoms with Crippen LogP contribution in [0.5, 0.6) is 0 Å². The third kappa shape index (κ3) is 3.51. The van der Waals surface area contributed by atoms with Gasteiger partial charge in [0, 0.05) is 0 Å². The van der Waals surface area contributed by atoms with Crippen LogP contribution in [-0.4, -0.2) is 20.5 Å². The van der Waals surface area contributed by atoms with E-state index < -0.39 is 44.2 Å². The van der Waals surface area contributed by atoms with Gasteiger partial charge in [0.1, 0.15) is 22.4 Å². The van der Waals surface area contributed by atoms with Crippen molar-refractivity contribution in [2.24, 2.45) is 11.1 Å². The SMILES string of the molecule is CC(C)C(C)OC(=O)c1c(F)ccc(S(N)(=O)=O)c1F. The molecule has 1 atom stereocenters. The van der Waals surface area contributed by atoms with Gasteiger partial charge in [0.2, 0.25) is 10.0 Å². The number of rotatable bonds is 4. The van der Waals surface area contributed by atoms with Gasteiger partial charge in [-0.3, -0.25) is 0 Å². The van der Waals surface area contributed by atoms with Crippen LogP contribution in [-0.2, 0) is 14.8 Å². The van der Waals surface area contributed by atoms with Gasteiger partial charge in [-0.25, -0.2) is 27.1 Å². The Kier molecular flexibility index (Phi) is 4.82. The first-order chi connectivity index (χ1) is 9.05. The molecule has 112 valence electrons. The number of esters is 1. The van der Waals surface area contributed by atoms with E-state index in [4.69, 9.17) is 9.88 Å². The summed E-state index contributed by atoms with van der Waals surface area (Å²) < 4.78 is 54.6. The van der Waals surface area contributed by atoms with E-state index >= 15 is 0 Å². The molecule has 0 saturated carbocycles. The fourth-order valence-corrected chi connectivity index (χ4v) is 1.91. The van der Waals surface area contributed by atoms with Gasteiger partial charge in [0.05, 0.1) is 0 Å². The zero-order chi connectivity index (χ0) is 15.7. The Morgan fingerprint density at radius 1 is 1.25 bits per heavy atom. The normalized spacial score (nSPS) is 13.3. The number of halogens is 2. The maximum atomic E-state index is 13.9. The largest absolute Gasteiger partial charge is 0.459 e. The topological polar surface area (TPSA) is 86.5 Å². The highest BCUT2D eigenvalue weighted by Gasteiger charge is 2.27. The molecule has 2 N–H and O–H groups in total. The second-order valence-corrected chi connectivity index (χ2v) is 6.16. The first-order valence-corrected chi connectivity index (χ1v) is 7.32. The predicted molar refractivity (Wildman–Crippen MR) is 67.4 cm³/mol. The van der Waals surface area contributed by atoms with Gasteiger partial charge in [0.15, 0.2) is 5.82 Å². The molecule has 0 aromatic heterocycles. The number of primary sulfonamides is 1. The van der Waals surface area contributed by atoms with Crippen molar-refractivity contribution in [1.29, 1.82) is 0 Å². The molecule has 0 saturated heterocycles. The number of carbonyl (C=O) groups is 1. The van der Waals surface area contributed by atoms with Crippen LogP contribution >= 0.6 is 0 Å². The first kappa shape index (κ1) is 16.5. The lowest BCUT2D eigenvalue weighted by Gasteiger charge is -2.17. The molecule has 8 heteroatoms. The van der Waals surface area contributed by atoms with Gasteiger partial charge in [0.25, 0.3) is 0 Å². The van der Waals surface area contributed by atoms with Gasteiger partial charge in [-0.15, -0.1) is 0 Å². The fraction of sp³-hybridized carbons (Fsp3) is 0.417. The molecule has 0 amide bonds. The number of hydrogen-bond donors (Lipinski definition) is 1. The quantitative estimate of drug-likeness (QED) is 0.860. The highest BCUT2D eigenvalue weighted by Crippen LogP contribution is 2.22. The second kappa shape index (κ2) is 5.84. The summed E-state index contributed by atoms with van der Waals surface area (Å²) in [5, 5.41) is 4.78. The molecule has 0 radical (unpaired) electrons. The highest BCUT2D eigenvalue weighted by molar-refractivity contribution is 7.89. The monoisotopic (exact) mass is 307 g/mol. The summed E-state index contributed by atoms with van der Waals surface area (Å²) in [4.78, 5) is 10.8. The molecule has 0 heterocycles. The van der Waals surface area contributed by atoms with Crippen molar-refractivity contribution in [1.82, 2.24) is 0 Å². The minimum Gasteiger partial charge on any atom is -0.459 e. The van der Waals surface area contributed by atoms with Crippen LogP contribution in [0.4, 0.5) is 8.78 Å². The van der Waals surface area contributed by atoms with Gasteiger partial charge < -0.3 is 4.74 Å². The van der Waals surface area contributed by atoms with E-state index in [1.807, 2.05) is 0 Å². The lowest BCUT2D eigenvalue weighted by atomic mass is 10.1. The van der Waals surface area contributed by atoms with E-state index in [9.17, 15) is 22.0 Å². The number of benzene rings is 1. The molecule has 0 aliphatic carbocycles. The predicted octanol–water partition coefficient (Wildman–Crippen LogP) is 1.81. The lowest BCUT2D eigenvalue weighted by Crippen LogP contribution is -2.23. The van der Waals surface area contributed by atoms with Crippen LogP contribution < -0.4 is 5.14 Å². The third-order valence-corrected chi connectivity index (χ3v) is 3.73. The Bertz CT molecular complexity index is 629. The van der Waals surface area contributed by atoms with Crippen molar-refractivity contribution in [2.45, 2.75) is 31.8 Å². The Morgan fingerprint density at radius 2 is 1.80 bits per heavy atom. The third-order valence-electron chi connectivity index (χ3n) is 2.80. The minimum atomic E-state index is -4.40. The number of nitrogens with two attached hydrogens (primary N) is 1. The van der Waals surface area contributed by atoms with Crippen molar-refractivity contribution >= 4 is 16.0 Å². The maximum absolute atomic E-state index is 13.9. The summed E-state index contributed by atoms with van der Waals surface area (Å²) in [6, 6.07) is 1.31. The van der Waals surface area contributed by atoms with Crippen molar-refractivity contribution in [2.75, 3.05) is 0 Å². The fourth-order valence-electron chi connectivity index (χ4n) is 1.30. The molecule has 0 spiro atoms. The Morgan fingerprint density at radius 3 is 2.25 bits per heavy atom. The summed E-state index contributed by atoms with van der Waals surface area (Å²) in [5.74, 6) is -4.09. The molecule has 1 unspecified atom stereocenters. The number of carbonyl (C=O) groups excluding carboxylic acids is 1. The zero-order valence-corrected chi connectivity index (χ0v) is 12.0. The van der Waals surface area contributed by atoms with Gasteiger partial charge in [-0.1, -0.05) is 13.8 Å². The molecular formula is C12H15F2NO4S. The van der Waals surface area contributed by atoms with E-state index in [1.54, 1.807) is 20.8 Å². The average molecular weight is 307 g/mol. The molecule has 0 aliphatic heterocycles. The van der Waals surface area contributed by atoms with E-state index in [1.165, 1.54) is 0 Å². The molecule has 1 rings (SSSR count). The van der Waals surface area contributed by atoms with Crippen LogP contribution in [0.1, 0.15) is 31.1 Å². The van der Waals surface area contributed by atoms with E-state index in [0.29, 0.717) is 12.1 Å². The highest BCUT2D eigenvalue weighted by atomic mass is 32.2. The summed E-state index contributed by atoms with van der Waals surface area (Å²) in [7, 11) is -4.40. The molecule has 5 nitrogen and oxygen atoms in total. The molecule has 0 bridgehead atoms. The smallest absolute Gasteiger partial charge is 0.344 e. The molecule has 1 aromatic rings.